The van der Waals surface area contributed by atoms with Crippen LogP contribution < -0.4 is 14.8 Å². The second-order valence-corrected chi connectivity index (χ2v) is 7.18. The molecule has 1 aliphatic heterocycles. The topological polar surface area (TPSA) is 47.6 Å². The van der Waals surface area contributed by atoms with E-state index >= 15 is 0 Å². The average molecular weight is 325 g/mol. The zero-order valence-electron chi connectivity index (χ0n) is 14.6. The summed E-state index contributed by atoms with van der Waals surface area (Å²) in [6, 6.07) is 11.3. The van der Waals surface area contributed by atoms with Crippen LogP contribution in [0.5, 0.6) is 11.5 Å². The summed E-state index contributed by atoms with van der Waals surface area (Å²) in [5, 5.41) is 2.97. The Hall–Kier alpha value is -2.49. The molecule has 0 saturated carbocycles. The molecule has 0 atom stereocenters. The average Bonchev–Trinajstić information content (AvgIpc) is 2.69. The highest BCUT2D eigenvalue weighted by molar-refractivity contribution is 6.05. The van der Waals surface area contributed by atoms with E-state index in [0.29, 0.717) is 30.3 Å². The first-order valence-electron chi connectivity index (χ1n) is 8.12. The molecule has 0 bridgehead atoms. The summed E-state index contributed by atoms with van der Waals surface area (Å²) in [4.78, 5) is 12.6. The van der Waals surface area contributed by atoms with Crippen molar-refractivity contribution in [3.63, 3.8) is 0 Å². The molecular weight excluding hydrogens is 302 g/mol. The maximum absolute atomic E-state index is 12.6. The lowest BCUT2D eigenvalue weighted by molar-refractivity contribution is 0.102. The number of fused-ring (bicyclic) bond motifs is 1. The minimum absolute atomic E-state index is 0.0554. The number of rotatable bonds is 2. The van der Waals surface area contributed by atoms with Crippen molar-refractivity contribution in [2.75, 3.05) is 18.5 Å². The summed E-state index contributed by atoms with van der Waals surface area (Å²) in [5.41, 5.74) is 3.47. The normalized spacial score (nSPS) is 15.5. The smallest absolute Gasteiger partial charge is 0.255 e. The number of hydrogen-bond donors (Lipinski definition) is 1. The zero-order chi connectivity index (χ0) is 17.3. The van der Waals surface area contributed by atoms with Gasteiger partial charge in [0.1, 0.15) is 0 Å². The number of amides is 1. The molecule has 0 radical (unpaired) electrons. The van der Waals surface area contributed by atoms with Crippen molar-refractivity contribution in [2.24, 2.45) is 5.41 Å². The van der Waals surface area contributed by atoms with Crippen LogP contribution in [0.4, 0.5) is 5.69 Å². The first-order chi connectivity index (χ1) is 11.3. The van der Waals surface area contributed by atoms with Gasteiger partial charge in [0.2, 0.25) is 0 Å². The second-order valence-electron chi connectivity index (χ2n) is 7.18. The molecule has 0 saturated heterocycles. The molecule has 2 aromatic carbocycles. The number of hydrogen-bond acceptors (Lipinski definition) is 3. The molecule has 0 spiro atoms. The standard InChI is InChI=1S/C20H23NO3/c1-13-5-6-14(2)16(9-13)21-19(22)15-7-8-17-18(10-15)24-12-20(3,4)11-23-17/h5-10H,11-12H2,1-4H3,(H,21,22). The summed E-state index contributed by atoms with van der Waals surface area (Å²) in [5.74, 6) is 1.15. The van der Waals surface area contributed by atoms with Crippen LogP contribution in [0.2, 0.25) is 0 Å². The van der Waals surface area contributed by atoms with Gasteiger partial charge in [0.25, 0.3) is 5.91 Å². The quantitative estimate of drug-likeness (QED) is 0.893. The molecule has 126 valence electrons. The second kappa shape index (κ2) is 6.19. The van der Waals surface area contributed by atoms with Crippen LogP contribution in [0.1, 0.15) is 35.3 Å². The van der Waals surface area contributed by atoms with Gasteiger partial charge in [0.05, 0.1) is 13.2 Å². The highest BCUT2D eigenvalue weighted by Gasteiger charge is 2.25. The number of anilines is 1. The number of aryl methyl sites for hydroxylation is 2. The Morgan fingerprint density at radius 2 is 1.71 bits per heavy atom. The number of ether oxygens (including phenoxy) is 2. The van der Waals surface area contributed by atoms with Crippen LogP contribution >= 0.6 is 0 Å². The van der Waals surface area contributed by atoms with Crippen LogP contribution in [0, 0.1) is 19.3 Å². The fraction of sp³-hybridized carbons (Fsp3) is 0.350. The predicted octanol–water partition coefficient (Wildman–Crippen LogP) is 4.35. The number of benzene rings is 2. The van der Waals surface area contributed by atoms with Gasteiger partial charge >= 0.3 is 0 Å². The van der Waals surface area contributed by atoms with Crippen molar-refractivity contribution < 1.29 is 14.3 Å². The highest BCUT2D eigenvalue weighted by Crippen LogP contribution is 2.34. The largest absolute Gasteiger partial charge is 0.489 e. The lowest BCUT2D eigenvalue weighted by Gasteiger charge is -2.19. The van der Waals surface area contributed by atoms with Crippen LogP contribution in [0.3, 0.4) is 0 Å². The minimum atomic E-state index is -0.154. The molecule has 1 aliphatic rings. The van der Waals surface area contributed by atoms with Gasteiger partial charge in [-0.1, -0.05) is 26.0 Å². The molecule has 24 heavy (non-hydrogen) atoms. The van der Waals surface area contributed by atoms with E-state index in [0.717, 1.165) is 16.8 Å². The van der Waals surface area contributed by atoms with Crippen molar-refractivity contribution in [1.82, 2.24) is 0 Å². The lowest BCUT2D eigenvalue weighted by atomic mass is 9.97. The number of carbonyl (C=O) groups is 1. The Morgan fingerprint density at radius 1 is 1.00 bits per heavy atom. The third kappa shape index (κ3) is 3.53. The van der Waals surface area contributed by atoms with E-state index in [1.807, 2.05) is 32.0 Å². The monoisotopic (exact) mass is 325 g/mol. The fourth-order valence-electron chi connectivity index (χ4n) is 2.53. The summed E-state index contributed by atoms with van der Waals surface area (Å²) in [6.45, 7) is 9.31. The van der Waals surface area contributed by atoms with E-state index in [-0.39, 0.29) is 11.3 Å². The molecule has 1 heterocycles. The van der Waals surface area contributed by atoms with Gasteiger partial charge in [-0.05, 0) is 49.2 Å². The van der Waals surface area contributed by atoms with E-state index in [9.17, 15) is 4.79 Å². The van der Waals surface area contributed by atoms with Gasteiger partial charge in [-0.2, -0.15) is 0 Å². The summed E-state index contributed by atoms with van der Waals surface area (Å²) < 4.78 is 11.6. The molecule has 3 rings (SSSR count). The van der Waals surface area contributed by atoms with Gasteiger partial charge in [-0.3, -0.25) is 4.79 Å². The molecule has 2 aromatic rings. The van der Waals surface area contributed by atoms with Gasteiger partial charge in [0.15, 0.2) is 11.5 Å². The Labute approximate surface area is 142 Å². The SMILES string of the molecule is Cc1ccc(C)c(NC(=O)c2ccc3c(c2)OCC(C)(C)CO3)c1. The molecule has 1 amide bonds. The maximum atomic E-state index is 12.6. The van der Waals surface area contributed by atoms with Crippen LogP contribution in [0.25, 0.3) is 0 Å². The van der Waals surface area contributed by atoms with Crippen LogP contribution in [-0.2, 0) is 0 Å². The maximum Gasteiger partial charge on any atom is 0.255 e. The van der Waals surface area contributed by atoms with Crippen LogP contribution in [0.15, 0.2) is 36.4 Å². The van der Waals surface area contributed by atoms with Crippen molar-refractivity contribution in [3.8, 4) is 11.5 Å². The van der Waals surface area contributed by atoms with E-state index < -0.39 is 0 Å². The molecule has 0 aliphatic carbocycles. The van der Waals surface area contributed by atoms with Crippen molar-refractivity contribution in [3.05, 3.63) is 53.1 Å². The molecule has 4 nitrogen and oxygen atoms in total. The number of nitrogens with one attached hydrogen (secondary N) is 1. The van der Waals surface area contributed by atoms with Crippen molar-refractivity contribution >= 4 is 11.6 Å². The molecular formula is C20H23NO3. The highest BCUT2D eigenvalue weighted by atomic mass is 16.5. The first-order valence-corrected chi connectivity index (χ1v) is 8.12. The Morgan fingerprint density at radius 3 is 2.46 bits per heavy atom. The molecule has 0 fully saturated rings. The molecule has 1 N–H and O–H groups in total. The molecule has 4 heteroatoms. The van der Waals surface area contributed by atoms with Gasteiger partial charge < -0.3 is 14.8 Å². The van der Waals surface area contributed by atoms with E-state index in [1.54, 1.807) is 18.2 Å². The van der Waals surface area contributed by atoms with Gasteiger partial charge in [-0.25, -0.2) is 0 Å². The summed E-state index contributed by atoms with van der Waals surface area (Å²) in [6.07, 6.45) is 0. The van der Waals surface area contributed by atoms with E-state index in [4.69, 9.17) is 9.47 Å². The predicted molar refractivity (Wildman–Crippen MR) is 95.1 cm³/mol. The first kappa shape index (κ1) is 16.4. The van der Waals surface area contributed by atoms with Crippen LogP contribution in [-0.4, -0.2) is 19.1 Å². The van der Waals surface area contributed by atoms with Gasteiger partial charge in [0, 0.05) is 16.7 Å². The number of carbonyl (C=O) groups excluding carboxylic acids is 1. The summed E-state index contributed by atoms with van der Waals surface area (Å²) in [7, 11) is 0. The third-order valence-electron chi connectivity index (χ3n) is 4.08. The fourth-order valence-corrected chi connectivity index (χ4v) is 2.53. The summed E-state index contributed by atoms with van der Waals surface area (Å²) >= 11 is 0. The Kier molecular flexibility index (Phi) is 4.22. The van der Waals surface area contributed by atoms with E-state index in [1.165, 1.54) is 0 Å². The van der Waals surface area contributed by atoms with E-state index in [2.05, 4.69) is 19.2 Å². The molecule has 0 aromatic heterocycles. The Balaban J connectivity index is 1.82. The van der Waals surface area contributed by atoms with Crippen molar-refractivity contribution in [1.29, 1.82) is 0 Å². The van der Waals surface area contributed by atoms with Crippen molar-refractivity contribution in [2.45, 2.75) is 27.7 Å². The molecule has 0 unspecified atom stereocenters. The Bertz CT molecular complexity index is 780. The third-order valence-corrected chi connectivity index (χ3v) is 4.08. The zero-order valence-corrected chi connectivity index (χ0v) is 14.6. The lowest BCUT2D eigenvalue weighted by Crippen LogP contribution is -2.26. The van der Waals surface area contributed by atoms with Gasteiger partial charge in [-0.15, -0.1) is 0 Å². The minimum Gasteiger partial charge on any atom is -0.489 e.